The molecule has 12 heteroatoms. The van der Waals surface area contributed by atoms with Crippen LogP contribution in [0.2, 0.25) is 15.1 Å². The Morgan fingerprint density at radius 1 is 1.12 bits per heavy atom. The molecule has 0 saturated heterocycles. The Hall–Kier alpha value is -0.880. The van der Waals surface area contributed by atoms with Gasteiger partial charge < -0.3 is 10.4 Å². The van der Waals surface area contributed by atoms with E-state index in [0.717, 1.165) is 34.9 Å². The highest BCUT2D eigenvalue weighted by atomic mass is 127. The number of hydrogen-bond donors (Lipinski definition) is 2. The molecule has 1 atom stereocenters. The van der Waals surface area contributed by atoms with Crippen molar-refractivity contribution in [3.8, 4) is 0 Å². The number of carbonyl (C=O) groups is 1. The molecular formula is C20H16Cl3F4IN2O2. The van der Waals surface area contributed by atoms with E-state index in [4.69, 9.17) is 34.8 Å². The average Bonchev–Trinajstić information content (AvgIpc) is 2.70. The van der Waals surface area contributed by atoms with Gasteiger partial charge in [0.15, 0.2) is 0 Å². The van der Waals surface area contributed by atoms with Gasteiger partial charge in [0.05, 0.1) is 32.3 Å². The van der Waals surface area contributed by atoms with Crippen LogP contribution in [0.3, 0.4) is 0 Å². The maximum atomic E-state index is 13.8. The molecule has 0 radical (unpaired) electrons. The van der Waals surface area contributed by atoms with E-state index >= 15 is 0 Å². The molecule has 0 aliphatic heterocycles. The molecule has 174 valence electrons. The van der Waals surface area contributed by atoms with Gasteiger partial charge in [0, 0.05) is 41.6 Å². The van der Waals surface area contributed by atoms with Gasteiger partial charge in [-0.3, -0.25) is 4.79 Å². The number of rotatable bonds is 5. The fraction of sp³-hybridized carbons (Fsp3) is 0.400. The summed E-state index contributed by atoms with van der Waals surface area (Å²) in [7, 11) is 0. The first kappa shape index (κ1) is 25.7. The number of pyridine rings is 1. The van der Waals surface area contributed by atoms with Gasteiger partial charge >= 0.3 is 3.93 Å². The predicted molar refractivity (Wildman–Crippen MR) is 122 cm³/mol. The molecular weight excluding hydrogens is 609 g/mol. The van der Waals surface area contributed by atoms with Crippen molar-refractivity contribution in [1.29, 1.82) is 0 Å². The Bertz CT molecular complexity index is 1030. The van der Waals surface area contributed by atoms with E-state index in [1.54, 1.807) is 0 Å². The fourth-order valence-corrected chi connectivity index (χ4v) is 4.94. The van der Waals surface area contributed by atoms with Crippen LogP contribution >= 0.6 is 57.4 Å². The van der Waals surface area contributed by atoms with Gasteiger partial charge in [-0.15, -0.1) is 0 Å². The van der Waals surface area contributed by atoms with Crippen LogP contribution in [0.4, 0.5) is 17.6 Å². The van der Waals surface area contributed by atoms with Crippen molar-refractivity contribution >= 4 is 63.3 Å². The number of benzene rings is 1. The van der Waals surface area contributed by atoms with Crippen molar-refractivity contribution in [2.75, 3.05) is 0 Å². The van der Waals surface area contributed by atoms with Gasteiger partial charge in [0.1, 0.15) is 5.69 Å². The van der Waals surface area contributed by atoms with Crippen LogP contribution in [0.1, 0.15) is 53.3 Å². The van der Waals surface area contributed by atoms with E-state index in [-0.39, 0.29) is 28.5 Å². The minimum absolute atomic E-state index is 0.0110. The van der Waals surface area contributed by atoms with Gasteiger partial charge in [-0.1, -0.05) is 46.9 Å². The van der Waals surface area contributed by atoms with E-state index in [0.29, 0.717) is 0 Å². The molecule has 4 nitrogen and oxygen atoms in total. The average molecular weight is 626 g/mol. The molecule has 32 heavy (non-hydrogen) atoms. The van der Waals surface area contributed by atoms with Crippen LogP contribution in [0, 0.1) is 0 Å². The SMILES string of the molecule is O=C(NC(c1cccc(Cl)c1Cl)C1(O)CCC(F)(F)CC1)c1nccc(C(F)(F)I)c1Cl. The number of hydrogen-bond acceptors (Lipinski definition) is 3. The molecule has 1 unspecified atom stereocenters. The Labute approximate surface area is 209 Å². The number of halogens is 8. The first-order chi connectivity index (χ1) is 14.8. The molecule has 3 rings (SSSR count). The van der Waals surface area contributed by atoms with E-state index in [2.05, 4.69) is 10.3 Å². The van der Waals surface area contributed by atoms with Crippen molar-refractivity contribution in [2.45, 2.75) is 47.2 Å². The van der Waals surface area contributed by atoms with Crippen LogP contribution in [-0.4, -0.2) is 27.5 Å². The molecule has 1 aromatic heterocycles. The Balaban J connectivity index is 2.02. The van der Waals surface area contributed by atoms with E-state index in [9.17, 15) is 27.5 Å². The molecule has 1 amide bonds. The van der Waals surface area contributed by atoms with Crippen LogP contribution < -0.4 is 5.32 Å². The quantitative estimate of drug-likeness (QED) is 0.215. The zero-order valence-corrected chi connectivity index (χ0v) is 20.5. The predicted octanol–water partition coefficient (Wildman–Crippen LogP) is 6.94. The smallest absolute Gasteiger partial charge is 0.323 e. The topological polar surface area (TPSA) is 62.2 Å². The van der Waals surface area contributed by atoms with E-state index < -0.39 is 56.5 Å². The first-order valence-corrected chi connectivity index (χ1v) is 11.5. The minimum atomic E-state index is -3.37. The summed E-state index contributed by atoms with van der Waals surface area (Å²) in [6.07, 6.45) is -0.908. The van der Waals surface area contributed by atoms with Crippen LogP contribution in [0.15, 0.2) is 30.5 Å². The highest BCUT2D eigenvalue weighted by Gasteiger charge is 2.48. The second-order valence-electron chi connectivity index (χ2n) is 7.53. The third-order valence-corrected chi connectivity index (χ3v) is 7.16. The molecule has 1 heterocycles. The monoisotopic (exact) mass is 624 g/mol. The number of amides is 1. The second-order valence-corrected chi connectivity index (χ2v) is 10.0. The van der Waals surface area contributed by atoms with Gasteiger partial charge in [0.25, 0.3) is 5.91 Å². The summed E-state index contributed by atoms with van der Waals surface area (Å²) in [5.41, 5.74) is -2.74. The normalized spacial score (nSPS) is 18.8. The van der Waals surface area contributed by atoms with Gasteiger partial charge in [-0.05, 0) is 30.5 Å². The van der Waals surface area contributed by atoms with Crippen LogP contribution in [0.5, 0.6) is 0 Å². The number of carbonyl (C=O) groups excluding carboxylic acids is 1. The number of nitrogens with one attached hydrogen (secondary N) is 1. The van der Waals surface area contributed by atoms with Crippen LogP contribution in [-0.2, 0) is 3.93 Å². The van der Waals surface area contributed by atoms with Gasteiger partial charge in [0.2, 0.25) is 5.92 Å². The fourth-order valence-electron chi connectivity index (χ4n) is 3.60. The Morgan fingerprint density at radius 2 is 1.75 bits per heavy atom. The summed E-state index contributed by atoms with van der Waals surface area (Å²) < 4.78 is 51.7. The largest absolute Gasteiger partial charge is 0.387 e. The first-order valence-electron chi connectivity index (χ1n) is 9.32. The van der Waals surface area contributed by atoms with Crippen molar-refractivity contribution < 1.29 is 27.5 Å². The van der Waals surface area contributed by atoms with Crippen molar-refractivity contribution in [3.63, 3.8) is 0 Å². The van der Waals surface area contributed by atoms with E-state index in [1.807, 2.05) is 0 Å². The number of aromatic nitrogens is 1. The molecule has 1 fully saturated rings. The second kappa shape index (κ2) is 9.40. The van der Waals surface area contributed by atoms with Crippen molar-refractivity contribution in [2.24, 2.45) is 0 Å². The van der Waals surface area contributed by atoms with Gasteiger partial charge in [-0.2, -0.15) is 8.78 Å². The summed E-state index contributed by atoms with van der Waals surface area (Å²) in [6.45, 7) is 0. The molecule has 0 bridgehead atoms. The number of alkyl halides is 5. The lowest BCUT2D eigenvalue weighted by Crippen LogP contribution is -2.50. The Morgan fingerprint density at radius 3 is 2.34 bits per heavy atom. The lowest BCUT2D eigenvalue weighted by Gasteiger charge is -2.42. The zero-order chi connectivity index (χ0) is 23.9. The maximum Gasteiger partial charge on any atom is 0.323 e. The summed E-state index contributed by atoms with van der Waals surface area (Å²) >= 11 is 19.2. The van der Waals surface area contributed by atoms with Gasteiger partial charge in [-0.25, -0.2) is 13.8 Å². The zero-order valence-electron chi connectivity index (χ0n) is 16.1. The van der Waals surface area contributed by atoms with Crippen molar-refractivity contribution in [1.82, 2.24) is 10.3 Å². The molecule has 1 aliphatic rings. The third kappa shape index (κ3) is 5.43. The summed E-state index contributed by atoms with van der Waals surface area (Å²) in [5.74, 6) is -3.94. The maximum absolute atomic E-state index is 13.8. The number of aliphatic hydroxyl groups is 1. The minimum Gasteiger partial charge on any atom is -0.387 e. The Kier molecular flexibility index (Phi) is 7.56. The van der Waals surface area contributed by atoms with E-state index in [1.165, 1.54) is 18.2 Å². The summed E-state index contributed by atoms with van der Waals surface area (Å²) in [6, 6.07) is 4.18. The van der Waals surface area contributed by atoms with Crippen molar-refractivity contribution in [3.05, 3.63) is 62.4 Å². The number of nitrogens with zero attached hydrogens (tertiary/aromatic N) is 1. The third-order valence-electron chi connectivity index (χ3n) is 5.36. The highest BCUT2D eigenvalue weighted by Crippen LogP contribution is 2.46. The summed E-state index contributed by atoms with van der Waals surface area (Å²) in [4.78, 5) is 16.8. The molecule has 1 saturated carbocycles. The lowest BCUT2D eigenvalue weighted by atomic mass is 9.75. The molecule has 0 spiro atoms. The highest BCUT2D eigenvalue weighted by molar-refractivity contribution is 14.1. The molecule has 2 aromatic rings. The molecule has 1 aromatic carbocycles. The van der Waals surface area contributed by atoms with Crippen LogP contribution in [0.25, 0.3) is 0 Å². The lowest BCUT2D eigenvalue weighted by molar-refractivity contribution is -0.116. The molecule has 1 aliphatic carbocycles. The summed E-state index contributed by atoms with van der Waals surface area (Å²) in [5, 5.41) is 13.3. The molecule has 2 N–H and O–H groups in total. The standard InChI is InChI=1S/C20H16Cl3F4IN2O2/c21-12-3-1-2-10(13(12)22)16(18(32)5-7-19(24,25)8-6-18)30-17(31)15-14(23)11(4-9-29-15)20(26,27)28/h1-4,9,16,32H,5-8H2,(H,30,31).